The highest BCUT2D eigenvalue weighted by molar-refractivity contribution is 6.33. The summed E-state index contributed by atoms with van der Waals surface area (Å²) < 4.78 is 13.3. The van der Waals surface area contributed by atoms with E-state index in [9.17, 15) is 0 Å². The van der Waals surface area contributed by atoms with Crippen molar-refractivity contribution in [1.82, 2.24) is 19.5 Å². The van der Waals surface area contributed by atoms with Crippen molar-refractivity contribution in [1.29, 1.82) is 0 Å². The summed E-state index contributed by atoms with van der Waals surface area (Å²) in [6.07, 6.45) is 4.38. The Morgan fingerprint density at radius 1 is 1.52 bits per heavy atom. The molecule has 2 aromatic heterocycles. The van der Waals surface area contributed by atoms with Crippen molar-refractivity contribution in [3.8, 4) is 0 Å². The molecular formula is C14H17ClN4O2. The van der Waals surface area contributed by atoms with Gasteiger partial charge < -0.3 is 9.47 Å². The van der Waals surface area contributed by atoms with Crippen LogP contribution in [0.3, 0.4) is 0 Å². The maximum Gasteiger partial charge on any atom is 0.179 e. The van der Waals surface area contributed by atoms with Gasteiger partial charge in [0, 0.05) is 6.61 Å². The quantitative estimate of drug-likeness (QED) is 0.641. The van der Waals surface area contributed by atoms with E-state index in [-0.39, 0.29) is 6.23 Å². The molecule has 1 unspecified atom stereocenters. The molecule has 0 bridgehead atoms. The Kier molecular flexibility index (Phi) is 4.07. The van der Waals surface area contributed by atoms with E-state index in [2.05, 4.69) is 21.5 Å². The molecule has 3 heterocycles. The number of aromatic nitrogens is 4. The van der Waals surface area contributed by atoms with Crippen LogP contribution < -0.4 is 0 Å². The van der Waals surface area contributed by atoms with Gasteiger partial charge in [0.2, 0.25) is 0 Å². The van der Waals surface area contributed by atoms with Crippen LogP contribution >= 0.6 is 11.6 Å². The van der Waals surface area contributed by atoms with E-state index in [1.54, 1.807) is 0 Å². The molecule has 21 heavy (non-hydrogen) atoms. The van der Waals surface area contributed by atoms with Gasteiger partial charge in [-0.1, -0.05) is 18.2 Å². The molecule has 0 N–H and O–H groups in total. The van der Waals surface area contributed by atoms with Crippen LogP contribution in [-0.4, -0.2) is 32.7 Å². The smallest absolute Gasteiger partial charge is 0.179 e. The average molecular weight is 309 g/mol. The van der Waals surface area contributed by atoms with Crippen LogP contribution in [0.15, 0.2) is 12.9 Å². The lowest BCUT2D eigenvalue weighted by molar-refractivity contribution is -0.0307. The second-order valence-electron chi connectivity index (χ2n) is 4.82. The number of hydrogen-bond donors (Lipinski definition) is 0. The largest absolute Gasteiger partial charge is 0.491 e. The van der Waals surface area contributed by atoms with Crippen molar-refractivity contribution in [2.75, 3.05) is 13.2 Å². The fraction of sp³-hybridized carbons (Fsp3) is 0.500. The summed E-state index contributed by atoms with van der Waals surface area (Å²) in [6.45, 7) is 7.09. The number of rotatable bonds is 4. The molecule has 3 rings (SSSR count). The van der Waals surface area contributed by atoms with Gasteiger partial charge >= 0.3 is 0 Å². The van der Waals surface area contributed by atoms with Crippen LogP contribution in [0.2, 0.25) is 5.15 Å². The first-order valence-electron chi connectivity index (χ1n) is 7.04. The molecule has 1 aliphatic rings. The Hall–Kier alpha value is -1.66. The molecule has 6 nitrogen and oxygen atoms in total. The summed E-state index contributed by atoms with van der Waals surface area (Å²) in [4.78, 5) is 12.8. The summed E-state index contributed by atoms with van der Waals surface area (Å²) in [7, 11) is 0. The van der Waals surface area contributed by atoms with Gasteiger partial charge in [-0.3, -0.25) is 4.57 Å². The third-order valence-electron chi connectivity index (χ3n) is 3.44. The van der Waals surface area contributed by atoms with Gasteiger partial charge in [-0.2, -0.15) is 0 Å². The van der Waals surface area contributed by atoms with Crippen LogP contribution in [-0.2, 0) is 9.47 Å². The van der Waals surface area contributed by atoms with Gasteiger partial charge in [-0.15, -0.1) is 0 Å². The highest BCUT2D eigenvalue weighted by Crippen LogP contribution is 2.31. The molecule has 0 amide bonds. The normalized spacial score (nSPS) is 18.9. The zero-order valence-corrected chi connectivity index (χ0v) is 12.6. The molecular weight excluding hydrogens is 292 g/mol. The third kappa shape index (κ3) is 2.61. The highest BCUT2D eigenvalue weighted by atomic mass is 35.5. The van der Waals surface area contributed by atoms with E-state index >= 15 is 0 Å². The summed E-state index contributed by atoms with van der Waals surface area (Å²) in [5.41, 5.74) is 1.20. The standard InChI is InChI=1S/C14H17ClN4O2/c1-3-20-9(2)13-18-11-12(15)16-8-17-14(11)19(13)10-6-4-5-7-21-10/h8,10H,2-7H2,1H3. The zero-order valence-electron chi connectivity index (χ0n) is 11.9. The van der Waals surface area contributed by atoms with E-state index in [4.69, 9.17) is 21.1 Å². The number of ether oxygens (including phenoxy) is 2. The topological polar surface area (TPSA) is 62.1 Å². The number of fused-ring (bicyclic) bond motifs is 1. The number of halogens is 1. The van der Waals surface area contributed by atoms with E-state index in [1.165, 1.54) is 6.33 Å². The average Bonchev–Trinajstić information content (AvgIpc) is 2.89. The van der Waals surface area contributed by atoms with E-state index < -0.39 is 0 Å². The molecule has 0 radical (unpaired) electrons. The van der Waals surface area contributed by atoms with Gasteiger partial charge in [0.25, 0.3) is 0 Å². The molecule has 1 atom stereocenters. The lowest BCUT2D eigenvalue weighted by Gasteiger charge is -2.25. The van der Waals surface area contributed by atoms with E-state index in [0.717, 1.165) is 25.9 Å². The molecule has 0 aliphatic carbocycles. The lowest BCUT2D eigenvalue weighted by Crippen LogP contribution is -2.20. The minimum atomic E-state index is -0.123. The number of hydrogen-bond acceptors (Lipinski definition) is 5. The minimum Gasteiger partial charge on any atom is -0.491 e. The van der Waals surface area contributed by atoms with Crippen LogP contribution in [0.5, 0.6) is 0 Å². The van der Waals surface area contributed by atoms with Gasteiger partial charge in [-0.25, -0.2) is 15.0 Å². The van der Waals surface area contributed by atoms with E-state index in [0.29, 0.717) is 34.5 Å². The van der Waals surface area contributed by atoms with Gasteiger partial charge in [0.05, 0.1) is 6.61 Å². The van der Waals surface area contributed by atoms with Crippen LogP contribution in [0.1, 0.15) is 38.2 Å². The SMILES string of the molecule is C=C(OCC)c1nc2c(Cl)ncnc2n1C1CCCCO1. The first-order valence-corrected chi connectivity index (χ1v) is 7.42. The fourth-order valence-electron chi connectivity index (χ4n) is 2.52. The number of nitrogens with zero attached hydrogens (tertiary/aromatic N) is 4. The first-order chi connectivity index (χ1) is 10.2. The summed E-state index contributed by atoms with van der Waals surface area (Å²) >= 11 is 6.12. The van der Waals surface area contributed by atoms with Crippen LogP contribution in [0, 0.1) is 0 Å². The number of imidazole rings is 1. The van der Waals surface area contributed by atoms with Crippen molar-refractivity contribution in [2.45, 2.75) is 32.4 Å². The molecule has 112 valence electrons. The monoisotopic (exact) mass is 308 g/mol. The predicted octanol–water partition coefficient (Wildman–Crippen LogP) is 3.19. The van der Waals surface area contributed by atoms with Crippen molar-refractivity contribution in [2.24, 2.45) is 0 Å². The van der Waals surface area contributed by atoms with Gasteiger partial charge in [0.1, 0.15) is 18.1 Å². The molecule has 1 fully saturated rings. The lowest BCUT2D eigenvalue weighted by atomic mass is 10.2. The molecule has 7 heteroatoms. The van der Waals surface area contributed by atoms with Crippen molar-refractivity contribution < 1.29 is 9.47 Å². The maximum atomic E-state index is 6.12. The summed E-state index contributed by atoms with van der Waals surface area (Å²) in [5.74, 6) is 1.09. The second kappa shape index (κ2) is 5.99. The van der Waals surface area contributed by atoms with Crippen molar-refractivity contribution >= 4 is 28.5 Å². The Balaban J connectivity index is 2.15. The Labute approximate surface area is 127 Å². The molecule has 0 saturated carbocycles. The van der Waals surface area contributed by atoms with Crippen LogP contribution in [0.4, 0.5) is 0 Å². The molecule has 1 aliphatic heterocycles. The molecule has 0 aromatic carbocycles. The third-order valence-corrected chi connectivity index (χ3v) is 3.72. The summed E-state index contributed by atoms with van der Waals surface area (Å²) in [5, 5.41) is 0.320. The Morgan fingerprint density at radius 3 is 3.10 bits per heavy atom. The zero-order chi connectivity index (χ0) is 14.8. The van der Waals surface area contributed by atoms with Crippen molar-refractivity contribution in [3.05, 3.63) is 23.9 Å². The molecule has 1 saturated heterocycles. The van der Waals surface area contributed by atoms with Crippen molar-refractivity contribution in [3.63, 3.8) is 0 Å². The second-order valence-corrected chi connectivity index (χ2v) is 5.18. The minimum absolute atomic E-state index is 0.123. The molecule has 2 aromatic rings. The Bertz CT molecular complexity index is 664. The fourth-order valence-corrected chi connectivity index (χ4v) is 2.69. The maximum absolute atomic E-state index is 6.12. The first kappa shape index (κ1) is 14.3. The summed E-state index contributed by atoms with van der Waals surface area (Å²) in [6, 6.07) is 0. The van der Waals surface area contributed by atoms with Crippen LogP contribution in [0.25, 0.3) is 16.9 Å². The van der Waals surface area contributed by atoms with Gasteiger partial charge in [0.15, 0.2) is 22.4 Å². The van der Waals surface area contributed by atoms with Gasteiger partial charge in [-0.05, 0) is 26.2 Å². The van der Waals surface area contributed by atoms with E-state index in [1.807, 2.05) is 11.5 Å². The Morgan fingerprint density at radius 2 is 2.38 bits per heavy atom. The molecule has 0 spiro atoms. The predicted molar refractivity (Wildman–Crippen MR) is 79.8 cm³/mol. The highest BCUT2D eigenvalue weighted by Gasteiger charge is 2.25.